The van der Waals surface area contributed by atoms with Crippen LogP contribution in [0.25, 0.3) is 10.8 Å². The highest BCUT2D eigenvalue weighted by Gasteiger charge is 2.02. The van der Waals surface area contributed by atoms with Crippen molar-refractivity contribution in [1.29, 1.82) is 0 Å². The molecule has 0 saturated carbocycles. The maximum atomic E-state index is 5.89. The van der Waals surface area contributed by atoms with Crippen molar-refractivity contribution >= 4 is 34.1 Å². The summed E-state index contributed by atoms with van der Waals surface area (Å²) < 4.78 is 0. The van der Waals surface area contributed by atoms with Gasteiger partial charge in [-0.3, -0.25) is 0 Å². The molecule has 18 heavy (non-hydrogen) atoms. The summed E-state index contributed by atoms with van der Waals surface area (Å²) in [6.07, 6.45) is 0. The monoisotopic (exact) mass is 242 g/mol. The number of guanidine groups is 2. The lowest BCUT2D eigenvalue weighted by molar-refractivity contribution is 1.39. The van der Waals surface area contributed by atoms with Gasteiger partial charge >= 0.3 is 0 Å². The fourth-order valence-corrected chi connectivity index (χ4v) is 1.70. The van der Waals surface area contributed by atoms with Gasteiger partial charge in [0.1, 0.15) is 0 Å². The molecule has 2 aromatic carbocycles. The fourth-order valence-electron chi connectivity index (χ4n) is 1.70. The van der Waals surface area contributed by atoms with E-state index >= 15 is 0 Å². The van der Waals surface area contributed by atoms with Gasteiger partial charge in [-0.15, -0.1) is 0 Å². The van der Waals surface area contributed by atoms with E-state index in [1.165, 1.54) is 0 Å². The van der Waals surface area contributed by atoms with Crippen molar-refractivity contribution in [2.45, 2.75) is 0 Å². The van der Waals surface area contributed by atoms with E-state index in [-0.39, 0.29) is 11.9 Å². The van der Waals surface area contributed by atoms with Crippen LogP contribution >= 0.6 is 0 Å². The van der Waals surface area contributed by atoms with Gasteiger partial charge in [-0.05, 0) is 12.1 Å². The van der Waals surface area contributed by atoms with Gasteiger partial charge in [0.05, 0.1) is 5.69 Å². The zero-order chi connectivity index (χ0) is 13.1. The molecule has 0 fully saturated rings. The van der Waals surface area contributed by atoms with Gasteiger partial charge in [0, 0.05) is 16.5 Å². The summed E-state index contributed by atoms with van der Waals surface area (Å²) in [6, 6.07) is 11.2. The van der Waals surface area contributed by atoms with Gasteiger partial charge in [-0.2, -0.15) is 4.99 Å². The number of anilines is 1. The molecule has 0 bridgehead atoms. The third kappa shape index (κ3) is 2.32. The van der Waals surface area contributed by atoms with Crippen LogP contribution < -0.4 is 22.9 Å². The predicted octanol–water partition coefficient (Wildman–Crippen LogP) is 0.642. The zero-order valence-electron chi connectivity index (χ0n) is 9.67. The van der Waals surface area contributed by atoms with Gasteiger partial charge in [0.15, 0.2) is 5.96 Å². The molecule has 8 N–H and O–H groups in total. The Morgan fingerprint density at radius 3 is 2.28 bits per heavy atom. The maximum absolute atomic E-state index is 5.89. The number of aliphatic imine (C=N–C) groups is 2. The van der Waals surface area contributed by atoms with Crippen LogP contribution in [-0.4, -0.2) is 11.9 Å². The Morgan fingerprint density at radius 2 is 1.56 bits per heavy atom. The second-order valence-electron chi connectivity index (χ2n) is 3.73. The summed E-state index contributed by atoms with van der Waals surface area (Å²) >= 11 is 0. The number of nitrogen functional groups attached to an aromatic ring is 1. The second kappa shape index (κ2) is 4.62. The number of hydrogen-bond donors (Lipinski definition) is 4. The number of nitrogens with zero attached hydrogens (tertiary/aromatic N) is 2. The predicted molar refractivity (Wildman–Crippen MR) is 75.5 cm³/mol. The van der Waals surface area contributed by atoms with Gasteiger partial charge < -0.3 is 22.9 Å². The lowest BCUT2D eigenvalue weighted by atomic mass is 10.1. The topological polar surface area (TPSA) is 129 Å². The van der Waals surface area contributed by atoms with Crippen LogP contribution in [0.2, 0.25) is 0 Å². The van der Waals surface area contributed by atoms with Crippen molar-refractivity contribution in [2.75, 3.05) is 5.73 Å². The number of nitrogens with two attached hydrogens (primary N) is 4. The Hall–Kier alpha value is -2.76. The van der Waals surface area contributed by atoms with Crippen LogP contribution in [0.3, 0.4) is 0 Å². The van der Waals surface area contributed by atoms with Crippen LogP contribution in [0.1, 0.15) is 0 Å². The van der Waals surface area contributed by atoms with E-state index in [4.69, 9.17) is 22.9 Å². The summed E-state index contributed by atoms with van der Waals surface area (Å²) in [7, 11) is 0. The average molecular weight is 242 g/mol. The van der Waals surface area contributed by atoms with Crippen molar-refractivity contribution in [3.63, 3.8) is 0 Å². The van der Waals surface area contributed by atoms with E-state index < -0.39 is 0 Å². The Bertz CT molecular complexity index is 640. The summed E-state index contributed by atoms with van der Waals surface area (Å²) in [5.41, 5.74) is 23.3. The van der Waals surface area contributed by atoms with Gasteiger partial charge in [-0.1, -0.05) is 24.3 Å². The minimum Gasteiger partial charge on any atom is -0.398 e. The fraction of sp³-hybridized carbons (Fsp3) is 0. The number of fused-ring (bicyclic) bond motifs is 1. The Balaban J connectivity index is 2.59. The summed E-state index contributed by atoms with van der Waals surface area (Å²) in [4.78, 5) is 7.83. The highest BCUT2D eigenvalue weighted by Crippen LogP contribution is 2.29. The normalized spacial score (nSPS) is 11.4. The molecule has 2 aromatic rings. The molecule has 0 atom stereocenters. The molecule has 0 unspecified atom stereocenters. The zero-order valence-corrected chi connectivity index (χ0v) is 9.67. The smallest absolute Gasteiger partial charge is 0.223 e. The molecule has 0 aliphatic heterocycles. The summed E-state index contributed by atoms with van der Waals surface area (Å²) in [6.45, 7) is 0. The first-order valence-electron chi connectivity index (χ1n) is 5.29. The molecular formula is C12H14N6. The Morgan fingerprint density at radius 1 is 0.889 bits per heavy atom. The molecule has 0 radical (unpaired) electrons. The van der Waals surface area contributed by atoms with E-state index in [0.717, 1.165) is 10.8 Å². The minimum absolute atomic E-state index is 0.00456. The Labute approximate surface area is 104 Å². The molecule has 2 rings (SSSR count). The van der Waals surface area contributed by atoms with Gasteiger partial charge in [0.2, 0.25) is 5.96 Å². The van der Waals surface area contributed by atoms with Crippen molar-refractivity contribution in [3.8, 4) is 0 Å². The van der Waals surface area contributed by atoms with Crippen LogP contribution in [0.15, 0.2) is 46.4 Å². The third-order valence-corrected chi connectivity index (χ3v) is 2.41. The van der Waals surface area contributed by atoms with E-state index in [9.17, 15) is 0 Å². The van der Waals surface area contributed by atoms with E-state index in [2.05, 4.69) is 9.98 Å². The van der Waals surface area contributed by atoms with Crippen molar-refractivity contribution in [3.05, 3.63) is 36.4 Å². The van der Waals surface area contributed by atoms with Gasteiger partial charge in [-0.25, -0.2) is 4.99 Å². The SMILES string of the molecule is NC(N)=NC(N)=Nc1cccc2c(N)cccc12. The van der Waals surface area contributed by atoms with E-state index in [1.807, 2.05) is 36.4 Å². The number of benzene rings is 2. The maximum Gasteiger partial charge on any atom is 0.223 e. The third-order valence-electron chi connectivity index (χ3n) is 2.41. The van der Waals surface area contributed by atoms with Gasteiger partial charge in [0.25, 0.3) is 0 Å². The van der Waals surface area contributed by atoms with Crippen LogP contribution in [0, 0.1) is 0 Å². The minimum atomic E-state index is -0.129. The van der Waals surface area contributed by atoms with Crippen LogP contribution in [-0.2, 0) is 0 Å². The number of rotatable bonds is 1. The first-order chi connectivity index (χ1) is 8.58. The molecule has 0 heterocycles. The molecule has 0 aromatic heterocycles. The van der Waals surface area contributed by atoms with E-state index in [0.29, 0.717) is 11.4 Å². The lowest BCUT2D eigenvalue weighted by Gasteiger charge is -2.04. The molecule has 0 saturated heterocycles. The molecule has 0 aliphatic rings. The second-order valence-corrected chi connectivity index (χ2v) is 3.73. The molecule has 92 valence electrons. The van der Waals surface area contributed by atoms with Crippen LogP contribution in [0.5, 0.6) is 0 Å². The average Bonchev–Trinajstić information content (AvgIpc) is 2.29. The van der Waals surface area contributed by atoms with Crippen molar-refractivity contribution in [1.82, 2.24) is 0 Å². The first kappa shape index (κ1) is 11.7. The quantitative estimate of drug-likeness (QED) is 0.332. The number of hydrogen-bond acceptors (Lipinski definition) is 2. The Kier molecular flexibility index (Phi) is 3.01. The lowest BCUT2D eigenvalue weighted by Crippen LogP contribution is -2.26. The largest absolute Gasteiger partial charge is 0.398 e. The van der Waals surface area contributed by atoms with Crippen molar-refractivity contribution in [2.24, 2.45) is 27.2 Å². The van der Waals surface area contributed by atoms with E-state index in [1.54, 1.807) is 0 Å². The summed E-state index contributed by atoms with van der Waals surface area (Å²) in [5.74, 6) is -0.124. The standard InChI is InChI=1S/C12H14N6/c13-9-5-1-4-8-7(9)3-2-6-10(8)17-12(16)18-11(14)15/h1-6H,13H2,(H6,14,15,16,17,18). The van der Waals surface area contributed by atoms with Crippen molar-refractivity contribution < 1.29 is 0 Å². The highest BCUT2D eigenvalue weighted by molar-refractivity contribution is 6.02. The highest BCUT2D eigenvalue weighted by atomic mass is 15.1. The first-order valence-corrected chi connectivity index (χ1v) is 5.29. The molecule has 0 aliphatic carbocycles. The molecule has 0 amide bonds. The molecular weight excluding hydrogens is 228 g/mol. The molecule has 0 spiro atoms. The van der Waals surface area contributed by atoms with Crippen LogP contribution in [0.4, 0.5) is 11.4 Å². The molecule has 6 nitrogen and oxygen atoms in total. The molecule has 6 heteroatoms. The summed E-state index contributed by atoms with van der Waals surface area (Å²) in [5, 5.41) is 1.81.